The maximum atomic E-state index is 13.9. The summed E-state index contributed by atoms with van der Waals surface area (Å²) in [4.78, 5) is 29.8. The van der Waals surface area contributed by atoms with Gasteiger partial charge in [-0.05, 0) is 44.2 Å². The van der Waals surface area contributed by atoms with E-state index in [1.807, 2.05) is 4.57 Å². The van der Waals surface area contributed by atoms with Crippen molar-refractivity contribution in [2.24, 2.45) is 0 Å². The van der Waals surface area contributed by atoms with Crippen molar-refractivity contribution in [2.45, 2.75) is 44.8 Å². The Bertz CT molecular complexity index is 890. The van der Waals surface area contributed by atoms with Crippen LogP contribution in [0.3, 0.4) is 0 Å². The van der Waals surface area contributed by atoms with Crippen LogP contribution in [0.2, 0.25) is 0 Å². The predicted octanol–water partition coefficient (Wildman–Crippen LogP) is 2.52. The van der Waals surface area contributed by atoms with Gasteiger partial charge in [0.05, 0.1) is 17.5 Å². The van der Waals surface area contributed by atoms with Crippen LogP contribution in [0, 0.1) is 5.82 Å². The molecule has 0 spiro atoms. The van der Waals surface area contributed by atoms with Crippen LogP contribution in [0.25, 0.3) is 0 Å². The lowest BCUT2D eigenvalue weighted by atomic mass is 10.1. The average molecular weight is 386 g/mol. The summed E-state index contributed by atoms with van der Waals surface area (Å²) in [6, 6.07) is 5.97. The highest BCUT2D eigenvalue weighted by Gasteiger charge is 2.28. The van der Waals surface area contributed by atoms with Gasteiger partial charge in [0, 0.05) is 19.7 Å². The Morgan fingerprint density at radius 2 is 2.07 bits per heavy atom. The van der Waals surface area contributed by atoms with E-state index < -0.39 is 11.7 Å². The summed E-state index contributed by atoms with van der Waals surface area (Å²) in [6.07, 6.45) is 4.46. The number of halogens is 1. The van der Waals surface area contributed by atoms with Crippen LogP contribution in [-0.2, 0) is 17.7 Å². The van der Waals surface area contributed by atoms with Gasteiger partial charge in [-0.2, -0.15) is 0 Å². The van der Waals surface area contributed by atoms with E-state index in [2.05, 4.69) is 15.6 Å². The summed E-state index contributed by atoms with van der Waals surface area (Å²) in [5.74, 6) is -1.11. The van der Waals surface area contributed by atoms with E-state index in [-0.39, 0.29) is 29.2 Å². The van der Waals surface area contributed by atoms with Crippen molar-refractivity contribution in [1.82, 2.24) is 14.9 Å². The lowest BCUT2D eigenvalue weighted by molar-refractivity contribution is 0.0845. The highest BCUT2D eigenvalue weighted by molar-refractivity contribution is 6.05. The number of amides is 2. The van der Waals surface area contributed by atoms with E-state index in [1.165, 1.54) is 12.1 Å². The molecule has 1 atom stereocenters. The number of fused-ring (bicyclic) bond motifs is 1. The maximum absolute atomic E-state index is 13.9. The van der Waals surface area contributed by atoms with Crippen LogP contribution in [-0.4, -0.2) is 40.6 Å². The normalized spacial score (nSPS) is 18.5. The molecule has 1 unspecified atom stereocenters. The molecule has 2 N–H and O–H groups in total. The monoisotopic (exact) mass is 386 g/mol. The zero-order valence-electron chi connectivity index (χ0n) is 15.5. The Morgan fingerprint density at radius 1 is 1.21 bits per heavy atom. The third-order valence-electron chi connectivity index (χ3n) is 5.17. The van der Waals surface area contributed by atoms with Crippen LogP contribution < -0.4 is 10.6 Å². The largest absolute Gasteiger partial charge is 0.376 e. The van der Waals surface area contributed by atoms with Gasteiger partial charge in [-0.3, -0.25) is 9.59 Å². The van der Waals surface area contributed by atoms with Gasteiger partial charge in [-0.15, -0.1) is 0 Å². The molecule has 0 saturated carbocycles. The molecule has 148 valence electrons. The first-order chi connectivity index (χ1) is 13.6. The number of hydrogen-bond donors (Lipinski definition) is 2. The number of anilines is 1. The second-order valence-electron chi connectivity index (χ2n) is 7.12. The summed E-state index contributed by atoms with van der Waals surface area (Å²) in [5, 5.41) is 5.43. The average Bonchev–Trinajstić information content (AvgIpc) is 3.36. The minimum atomic E-state index is -0.515. The molecule has 4 rings (SSSR count). The Hall–Kier alpha value is -2.74. The van der Waals surface area contributed by atoms with Crippen molar-refractivity contribution < 1.29 is 18.7 Å². The Labute approximate surface area is 162 Å². The van der Waals surface area contributed by atoms with Gasteiger partial charge in [0.2, 0.25) is 0 Å². The first-order valence-corrected chi connectivity index (χ1v) is 9.68. The summed E-state index contributed by atoms with van der Waals surface area (Å²) in [6.45, 7) is 1.79. The molecule has 8 heteroatoms. The third-order valence-corrected chi connectivity index (χ3v) is 5.17. The summed E-state index contributed by atoms with van der Waals surface area (Å²) >= 11 is 0. The zero-order chi connectivity index (χ0) is 19.5. The standard InChI is InChI=1S/C20H23FN4O3/c21-14-7-1-2-8-15(14)23-19(26)17-16-9-3-4-10-25(16)18(24-17)20(27)22-12-13-6-5-11-28-13/h1-2,7-8,13H,3-6,9-12H2,(H,22,27)(H,23,26). The number of benzene rings is 1. The molecule has 7 nitrogen and oxygen atoms in total. The highest BCUT2D eigenvalue weighted by atomic mass is 19.1. The Kier molecular flexibility index (Phi) is 5.38. The molecule has 0 bridgehead atoms. The molecule has 1 aromatic carbocycles. The van der Waals surface area contributed by atoms with Crippen molar-refractivity contribution >= 4 is 17.5 Å². The molecule has 3 heterocycles. The molecule has 2 amide bonds. The number of imidazole rings is 1. The van der Waals surface area contributed by atoms with Gasteiger partial charge in [0.25, 0.3) is 11.8 Å². The molecule has 2 aliphatic rings. The smallest absolute Gasteiger partial charge is 0.287 e. The first kappa shape index (κ1) is 18.6. The predicted molar refractivity (Wildman–Crippen MR) is 101 cm³/mol. The quantitative estimate of drug-likeness (QED) is 0.827. The number of nitrogens with one attached hydrogen (secondary N) is 2. The molecule has 1 aromatic heterocycles. The molecule has 28 heavy (non-hydrogen) atoms. The SMILES string of the molecule is O=C(Nc1ccccc1F)c1nc(C(=O)NCC2CCCO2)n2c1CCCC2. The van der Waals surface area contributed by atoms with Crippen LogP contribution in [0.15, 0.2) is 24.3 Å². The van der Waals surface area contributed by atoms with E-state index >= 15 is 0 Å². The number of nitrogens with zero attached hydrogens (tertiary/aromatic N) is 2. The van der Waals surface area contributed by atoms with Crippen LogP contribution in [0.4, 0.5) is 10.1 Å². The highest BCUT2D eigenvalue weighted by Crippen LogP contribution is 2.23. The van der Waals surface area contributed by atoms with E-state index in [9.17, 15) is 14.0 Å². The van der Waals surface area contributed by atoms with Gasteiger partial charge in [0.1, 0.15) is 5.82 Å². The number of ether oxygens (including phenoxy) is 1. The number of carbonyl (C=O) groups excluding carboxylic acids is 2. The second kappa shape index (κ2) is 8.10. The second-order valence-corrected chi connectivity index (χ2v) is 7.12. The summed E-state index contributed by atoms with van der Waals surface area (Å²) < 4.78 is 21.2. The molecular formula is C20H23FN4O3. The first-order valence-electron chi connectivity index (χ1n) is 9.68. The minimum Gasteiger partial charge on any atom is -0.376 e. The molecule has 2 aliphatic heterocycles. The van der Waals surface area contributed by atoms with E-state index in [0.717, 1.165) is 38.0 Å². The summed E-state index contributed by atoms with van der Waals surface area (Å²) in [5.41, 5.74) is 1.00. The van der Waals surface area contributed by atoms with Crippen LogP contribution in [0.1, 0.15) is 52.5 Å². The van der Waals surface area contributed by atoms with Crippen molar-refractivity contribution in [3.63, 3.8) is 0 Å². The van der Waals surface area contributed by atoms with Crippen LogP contribution >= 0.6 is 0 Å². The van der Waals surface area contributed by atoms with Crippen molar-refractivity contribution in [3.05, 3.63) is 47.3 Å². The maximum Gasteiger partial charge on any atom is 0.287 e. The number of para-hydroxylation sites is 1. The lowest BCUT2D eigenvalue weighted by Crippen LogP contribution is -2.34. The molecule has 1 saturated heterocycles. The van der Waals surface area contributed by atoms with Crippen LogP contribution in [0.5, 0.6) is 0 Å². The molecular weight excluding hydrogens is 363 g/mol. The fourth-order valence-corrected chi connectivity index (χ4v) is 3.73. The Balaban J connectivity index is 1.55. The Morgan fingerprint density at radius 3 is 2.86 bits per heavy atom. The third kappa shape index (κ3) is 3.77. The van der Waals surface area contributed by atoms with Gasteiger partial charge >= 0.3 is 0 Å². The molecule has 0 aliphatic carbocycles. The van der Waals surface area contributed by atoms with E-state index in [1.54, 1.807) is 12.1 Å². The number of carbonyl (C=O) groups is 2. The summed E-state index contributed by atoms with van der Waals surface area (Å²) in [7, 11) is 0. The van der Waals surface area contributed by atoms with Crippen molar-refractivity contribution in [1.29, 1.82) is 0 Å². The van der Waals surface area contributed by atoms with E-state index in [4.69, 9.17) is 4.74 Å². The van der Waals surface area contributed by atoms with Gasteiger partial charge in [0.15, 0.2) is 11.5 Å². The zero-order valence-corrected chi connectivity index (χ0v) is 15.5. The van der Waals surface area contributed by atoms with Gasteiger partial charge in [-0.1, -0.05) is 12.1 Å². The molecule has 0 radical (unpaired) electrons. The van der Waals surface area contributed by atoms with Crippen molar-refractivity contribution in [3.8, 4) is 0 Å². The van der Waals surface area contributed by atoms with Gasteiger partial charge < -0.3 is 19.9 Å². The minimum absolute atomic E-state index is 0.0311. The van der Waals surface area contributed by atoms with Gasteiger partial charge in [-0.25, -0.2) is 9.37 Å². The number of rotatable bonds is 5. The topological polar surface area (TPSA) is 85.2 Å². The number of hydrogen-bond acceptors (Lipinski definition) is 4. The fourth-order valence-electron chi connectivity index (χ4n) is 3.73. The lowest BCUT2D eigenvalue weighted by Gasteiger charge is -2.17. The molecule has 2 aromatic rings. The van der Waals surface area contributed by atoms with Crippen molar-refractivity contribution in [2.75, 3.05) is 18.5 Å². The fraction of sp³-hybridized carbons (Fsp3) is 0.450. The molecule has 1 fully saturated rings. The van der Waals surface area contributed by atoms with E-state index in [0.29, 0.717) is 19.5 Å². The number of aromatic nitrogens is 2.